The predicted octanol–water partition coefficient (Wildman–Crippen LogP) is 2.32. The number of phenols is 1. The largest absolute Gasteiger partial charge is 0.508 e. The van der Waals surface area contributed by atoms with Crippen molar-refractivity contribution < 1.29 is 14.8 Å². The summed E-state index contributed by atoms with van der Waals surface area (Å²) in [6.45, 7) is 4.46. The standard InChI is InChI=1S/C13H16N2O4/c1-13(2)6-3-7-14(13)12(17)10-8-9(16)4-5-11(10)15(18)19/h4-5,8,16H,3,6-7H2,1-2H3. The van der Waals surface area contributed by atoms with Gasteiger partial charge >= 0.3 is 0 Å². The number of carbonyl (C=O) groups is 1. The van der Waals surface area contributed by atoms with E-state index in [1.807, 2.05) is 13.8 Å². The summed E-state index contributed by atoms with van der Waals surface area (Å²) in [6, 6.07) is 3.53. The molecule has 6 heteroatoms. The highest BCUT2D eigenvalue weighted by molar-refractivity contribution is 5.99. The summed E-state index contributed by atoms with van der Waals surface area (Å²) in [5.74, 6) is -0.545. The molecule has 0 radical (unpaired) electrons. The number of phenolic OH excluding ortho intramolecular Hbond substituents is 1. The molecule has 102 valence electrons. The summed E-state index contributed by atoms with van der Waals surface area (Å²) in [6.07, 6.45) is 1.75. The number of hydrogen-bond donors (Lipinski definition) is 1. The van der Waals surface area contributed by atoms with E-state index in [4.69, 9.17) is 0 Å². The Morgan fingerprint density at radius 3 is 2.68 bits per heavy atom. The molecule has 1 saturated heterocycles. The van der Waals surface area contributed by atoms with Crippen LogP contribution in [0.15, 0.2) is 18.2 Å². The van der Waals surface area contributed by atoms with Gasteiger partial charge < -0.3 is 10.0 Å². The lowest BCUT2D eigenvalue weighted by Gasteiger charge is -2.31. The number of hydrogen-bond acceptors (Lipinski definition) is 4. The van der Waals surface area contributed by atoms with Crippen LogP contribution in [0.5, 0.6) is 5.75 Å². The molecule has 1 aromatic carbocycles. The maximum Gasteiger partial charge on any atom is 0.282 e. The molecule has 0 aromatic heterocycles. The molecule has 0 unspecified atom stereocenters. The first-order valence-corrected chi connectivity index (χ1v) is 6.12. The van der Waals surface area contributed by atoms with Gasteiger partial charge in [0.05, 0.1) is 4.92 Å². The Morgan fingerprint density at radius 1 is 1.47 bits per heavy atom. The Kier molecular flexibility index (Phi) is 3.18. The van der Waals surface area contributed by atoms with Crippen LogP contribution in [-0.4, -0.2) is 32.9 Å². The van der Waals surface area contributed by atoms with Crippen LogP contribution in [0.25, 0.3) is 0 Å². The van der Waals surface area contributed by atoms with Crippen LogP contribution in [0.4, 0.5) is 5.69 Å². The minimum atomic E-state index is -0.601. The summed E-state index contributed by atoms with van der Waals surface area (Å²) < 4.78 is 0. The van der Waals surface area contributed by atoms with Crippen LogP contribution in [0.2, 0.25) is 0 Å². The van der Waals surface area contributed by atoms with Gasteiger partial charge in [-0.05, 0) is 38.8 Å². The molecule has 0 saturated carbocycles. The van der Waals surface area contributed by atoms with E-state index in [2.05, 4.69) is 0 Å². The van der Waals surface area contributed by atoms with Crippen molar-refractivity contribution in [3.05, 3.63) is 33.9 Å². The molecule has 1 amide bonds. The quantitative estimate of drug-likeness (QED) is 0.656. The second-order valence-corrected chi connectivity index (χ2v) is 5.33. The van der Waals surface area contributed by atoms with Gasteiger partial charge in [-0.15, -0.1) is 0 Å². The number of carbonyl (C=O) groups excluding carboxylic acids is 1. The van der Waals surface area contributed by atoms with E-state index in [1.165, 1.54) is 6.07 Å². The van der Waals surface area contributed by atoms with E-state index in [-0.39, 0.29) is 22.5 Å². The van der Waals surface area contributed by atoms with Crippen LogP contribution < -0.4 is 0 Å². The third kappa shape index (κ3) is 2.38. The summed E-state index contributed by atoms with van der Waals surface area (Å²) >= 11 is 0. The maximum absolute atomic E-state index is 12.5. The number of rotatable bonds is 2. The Hall–Kier alpha value is -2.11. The lowest BCUT2D eigenvalue weighted by atomic mass is 10.0. The van der Waals surface area contributed by atoms with Crippen molar-refractivity contribution in [2.45, 2.75) is 32.2 Å². The lowest BCUT2D eigenvalue weighted by molar-refractivity contribution is -0.385. The Bertz CT molecular complexity index is 539. The average molecular weight is 264 g/mol. The molecule has 6 nitrogen and oxygen atoms in total. The molecule has 0 aliphatic carbocycles. The summed E-state index contributed by atoms with van der Waals surface area (Å²) in [7, 11) is 0. The Morgan fingerprint density at radius 2 is 2.16 bits per heavy atom. The number of aromatic hydroxyl groups is 1. The molecule has 1 aliphatic rings. The average Bonchev–Trinajstić information content (AvgIpc) is 2.67. The zero-order valence-corrected chi connectivity index (χ0v) is 10.9. The Balaban J connectivity index is 2.44. The minimum Gasteiger partial charge on any atom is -0.508 e. The molecule has 0 spiro atoms. The van der Waals surface area contributed by atoms with Gasteiger partial charge in [0.2, 0.25) is 0 Å². The van der Waals surface area contributed by atoms with Gasteiger partial charge in [0.15, 0.2) is 0 Å². The zero-order chi connectivity index (χ0) is 14.2. The highest BCUT2D eigenvalue weighted by Crippen LogP contribution is 2.32. The van der Waals surface area contributed by atoms with Gasteiger partial charge in [-0.3, -0.25) is 14.9 Å². The van der Waals surface area contributed by atoms with Crippen molar-refractivity contribution in [1.82, 2.24) is 4.90 Å². The molecular formula is C13H16N2O4. The van der Waals surface area contributed by atoms with Crippen molar-refractivity contribution in [2.24, 2.45) is 0 Å². The molecule has 2 rings (SSSR count). The fourth-order valence-corrected chi connectivity index (χ4v) is 2.48. The SMILES string of the molecule is CC1(C)CCCN1C(=O)c1cc(O)ccc1[N+](=O)[O-]. The van der Waals surface area contributed by atoms with Gasteiger partial charge in [0.1, 0.15) is 11.3 Å². The van der Waals surface area contributed by atoms with E-state index in [1.54, 1.807) is 4.90 Å². The third-order valence-electron chi connectivity index (χ3n) is 3.55. The Labute approximate surface area is 110 Å². The maximum atomic E-state index is 12.5. The number of amides is 1. The second kappa shape index (κ2) is 4.53. The van der Waals surface area contributed by atoms with Gasteiger partial charge in [0.25, 0.3) is 11.6 Å². The smallest absolute Gasteiger partial charge is 0.282 e. The third-order valence-corrected chi connectivity index (χ3v) is 3.55. The fourth-order valence-electron chi connectivity index (χ4n) is 2.48. The molecule has 0 atom stereocenters. The molecule has 1 heterocycles. The van der Waals surface area contributed by atoms with Gasteiger partial charge in [-0.2, -0.15) is 0 Å². The normalized spacial score (nSPS) is 17.5. The molecule has 1 fully saturated rings. The van der Waals surface area contributed by atoms with E-state index < -0.39 is 10.8 Å². The number of nitrogens with zero attached hydrogens (tertiary/aromatic N) is 2. The van der Waals surface area contributed by atoms with Crippen LogP contribution >= 0.6 is 0 Å². The molecule has 1 aliphatic heterocycles. The lowest BCUT2D eigenvalue weighted by Crippen LogP contribution is -2.42. The van der Waals surface area contributed by atoms with Crippen molar-refractivity contribution in [1.29, 1.82) is 0 Å². The van der Waals surface area contributed by atoms with Gasteiger partial charge in [-0.1, -0.05) is 0 Å². The highest BCUT2D eigenvalue weighted by Gasteiger charge is 2.38. The summed E-state index contributed by atoms with van der Waals surface area (Å²) in [4.78, 5) is 24.4. The zero-order valence-electron chi connectivity index (χ0n) is 10.9. The molecule has 19 heavy (non-hydrogen) atoms. The molecule has 1 aromatic rings. The number of nitro benzene ring substituents is 1. The topological polar surface area (TPSA) is 83.7 Å². The summed E-state index contributed by atoms with van der Waals surface area (Å²) in [5, 5.41) is 20.4. The van der Waals surface area contributed by atoms with Crippen molar-refractivity contribution in [3.8, 4) is 5.75 Å². The highest BCUT2D eigenvalue weighted by atomic mass is 16.6. The van der Waals surface area contributed by atoms with Crippen LogP contribution in [0.1, 0.15) is 37.0 Å². The van der Waals surface area contributed by atoms with Crippen LogP contribution in [0.3, 0.4) is 0 Å². The predicted molar refractivity (Wildman–Crippen MR) is 69.1 cm³/mol. The first kappa shape index (κ1) is 13.3. The number of nitro groups is 1. The van der Waals surface area contributed by atoms with Crippen molar-refractivity contribution in [2.75, 3.05) is 6.54 Å². The first-order chi connectivity index (χ1) is 8.83. The van der Waals surface area contributed by atoms with E-state index in [0.717, 1.165) is 25.0 Å². The van der Waals surface area contributed by atoms with Crippen molar-refractivity contribution in [3.63, 3.8) is 0 Å². The number of benzene rings is 1. The molecule has 0 bridgehead atoms. The van der Waals surface area contributed by atoms with Crippen LogP contribution in [-0.2, 0) is 0 Å². The molecular weight excluding hydrogens is 248 g/mol. The van der Waals surface area contributed by atoms with Gasteiger partial charge in [0, 0.05) is 18.2 Å². The van der Waals surface area contributed by atoms with E-state index >= 15 is 0 Å². The monoisotopic (exact) mass is 264 g/mol. The minimum absolute atomic E-state index is 0.0556. The van der Waals surface area contributed by atoms with Crippen molar-refractivity contribution >= 4 is 11.6 Å². The van der Waals surface area contributed by atoms with Crippen LogP contribution in [0, 0.1) is 10.1 Å². The molecule has 1 N–H and O–H groups in total. The second-order valence-electron chi connectivity index (χ2n) is 5.33. The van der Waals surface area contributed by atoms with E-state index in [0.29, 0.717) is 6.54 Å². The summed E-state index contributed by atoms with van der Waals surface area (Å²) in [5.41, 5.74) is -0.637. The first-order valence-electron chi connectivity index (χ1n) is 6.12. The van der Waals surface area contributed by atoms with E-state index in [9.17, 15) is 20.0 Å². The fraction of sp³-hybridized carbons (Fsp3) is 0.462. The number of likely N-dealkylation sites (tertiary alicyclic amines) is 1. The van der Waals surface area contributed by atoms with Gasteiger partial charge in [-0.25, -0.2) is 0 Å².